The predicted octanol–water partition coefficient (Wildman–Crippen LogP) is 2.75. The summed E-state index contributed by atoms with van der Waals surface area (Å²) in [5.74, 6) is -0.707. The van der Waals surface area contributed by atoms with Crippen LogP contribution in [0.2, 0.25) is 0 Å². The van der Waals surface area contributed by atoms with Crippen LogP contribution in [0.15, 0.2) is 24.3 Å². The fourth-order valence-electron chi connectivity index (χ4n) is 1.67. The summed E-state index contributed by atoms with van der Waals surface area (Å²) in [6, 6.07) is 5.66. The van der Waals surface area contributed by atoms with Gasteiger partial charge in [0.15, 0.2) is 0 Å². The molecule has 1 unspecified atom stereocenters. The maximum absolute atomic E-state index is 12.3. The minimum absolute atomic E-state index is 0.120. The van der Waals surface area contributed by atoms with Crippen LogP contribution in [0.25, 0.3) is 0 Å². The third-order valence-corrected chi connectivity index (χ3v) is 2.53. The number of aryl methyl sites for hydroxylation is 1. The van der Waals surface area contributed by atoms with Crippen molar-refractivity contribution >= 4 is 5.97 Å². The summed E-state index contributed by atoms with van der Waals surface area (Å²) in [5.41, 5.74) is 1.22. The van der Waals surface area contributed by atoms with E-state index in [-0.39, 0.29) is 6.61 Å². The standard InChI is InChI=1S/C13H16F3NO2/c1-3-19-12(18)11(17-8-13(14,15)16)10-7-5-4-6-9(10)2/h4-7,11,17H,3,8H2,1-2H3. The number of carbonyl (C=O) groups is 1. The van der Waals surface area contributed by atoms with Crippen molar-refractivity contribution in [1.29, 1.82) is 0 Å². The van der Waals surface area contributed by atoms with Gasteiger partial charge in [-0.3, -0.25) is 5.32 Å². The van der Waals surface area contributed by atoms with Gasteiger partial charge >= 0.3 is 12.1 Å². The molecule has 1 aromatic carbocycles. The van der Waals surface area contributed by atoms with Crippen molar-refractivity contribution in [3.8, 4) is 0 Å². The van der Waals surface area contributed by atoms with Crippen molar-refractivity contribution in [1.82, 2.24) is 5.32 Å². The topological polar surface area (TPSA) is 38.3 Å². The molecule has 0 saturated heterocycles. The molecule has 1 atom stereocenters. The Balaban J connectivity index is 2.93. The summed E-state index contributed by atoms with van der Waals surface area (Å²) < 4.78 is 41.6. The van der Waals surface area contributed by atoms with Crippen molar-refractivity contribution < 1.29 is 22.7 Å². The van der Waals surface area contributed by atoms with Gasteiger partial charge in [0, 0.05) is 0 Å². The van der Waals surface area contributed by atoms with Crippen LogP contribution in [0.1, 0.15) is 24.1 Å². The Kier molecular flexibility index (Phi) is 5.35. The zero-order valence-electron chi connectivity index (χ0n) is 10.8. The Morgan fingerprint density at radius 1 is 1.37 bits per heavy atom. The Bertz CT molecular complexity index is 432. The molecular formula is C13H16F3NO2. The number of benzene rings is 1. The lowest BCUT2D eigenvalue weighted by Gasteiger charge is -2.20. The first-order chi connectivity index (χ1) is 8.85. The normalized spacial score (nSPS) is 13.1. The third-order valence-electron chi connectivity index (χ3n) is 2.53. The number of carbonyl (C=O) groups excluding carboxylic acids is 1. The number of esters is 1. The lowest BCUT2D eigenvalue weighted by Crippen LogP contribution is -2.37. The van der Waals surface area contributed by atoms with Gasteiger partial charge in [-0.05, 0) is 25.0 Å². The molecule has 0 heterocycles. The molecular weight excluding hydrogens is 259 g/mol. The average Bonchev–Trinajstić information content (AvgIpc) is 2.30. The van der Waals surface area contributed by atoms with Crippen LogP contribution in [0.4, 0.5) is 13.2 Å². The second-order valence-electron chi connectivity index (χ2n) is 4.04. The monoisotopic (exact) mass is 275 g/mol. The molecule has 0 aliphatic rings. The maximum Gasteiger partial charge on any atom is 0.401 e. The number of hydrogen-bond donors (Lipinski definition) is 1. The number of halogens is 3. The van der Waals surface area contributed by atoms with Crippen LogP contribution in [0.3, 0.4) is 0 Å². The Labute approximate surface area is 109 Å². The van der Waals surface area contributed by atoms with E-state index in [1.54, 1.807) is 38.1 Å². The molecule has 0 spiro atoms. The highest BCUT2D eigenvalue weighted by Crippen LogP contribution is 2.21. The van der Waals surface area contributed by atoms with Crippen LogP contribution in [-0.4, -0.2) is 25.3 Å². The quantitative estimate of drug-likeness (QED) is 0.840. The molecule has 0 aromatic heterocycles. The smallest absolute Gasteiger partial charge is 0.401 e. The summed E-state index contributed by atoms with van der Waals surface area (Å²) in [4.78, 5) is 11.8. The summed E-state index contributed by atoms with van der Waals surface area (Å²) in [6.45, 7) is 2.22. The predicted molar refractivity (Wildman–Crippen MR) is 64.6 cm³/mol. The summed E-state index contributed by atoms with van der Waals surface area (Å²) in [7, 11) is 0. The Morgan fingerprint density at radius 2 is 2.00 bits per heavy atom. The van der Waals surface area contributed by atoms with Crippen LogP contribution >= 0.6 is 0 Å². The molecule has 1 rings (SSSR count). The van der Waals surface area contributed by atoms with E-state index in [1.807, 2.05) is 0 Å². The van der Waals surface area contributed by atoms with Gasteiger partial charge in [-0.15, -0.1) is 0 Å². The largest absolute Gasteiger partial charge is 0.465 e. The molecule has 0 bridgehead atoms. The van der Waals surface area contributed by atoms with Gasteiger partial charge in [0.05, 0.1) is 13.2 Å². The minimum Gasteiger partial charge on any atom is -0.465 e. The van der Waals surface area contributed by atoms with Gasteiger partial charge < -0.3 is 4.74 Å². The molecule has 3 nitrogen and oxygen atoms in total. The van der Waals surface area contributed by atoms with E-state index in [0.717, 1.165) is 5.56 Å². The molecule has 6 heteroatoms. The second kappa shape index (κ2) is 6.56. The van der Waals surface area contributed by atoms with E-state index < -0.39 is 24.7 Å². The van der Waals surface area contributed by atoms with Gasteiger partial charge in [0.2, 0.25) is 0 Å². The van der Waals surface area contributed by atoms with Gasteiger partial charge in [-0.2, -0.15) is 13.2 Å². The molecule has 19 heavy (non-hydrogen) atoms. The van der Waals surface area contributed by atoms with Gasteiger partial charge in [-0.1, -0.05) is 24.3 Å². The van der Waals surface area contributed by atoms with Gasteiger partial charge in [-0.25, -0.2) is 4.79 Å². The van der Waals surface area contributed by atoms with Crippen LogP contribution in [0.5, 0.6) is 0 Å². The SMILES string of the molecule is CCOC(=O)C(NCC(F)(F)F)c1ccccc1C. The van der Waals surface area contributed by atoms with E-state index in [2.05, 4.69) is 5.32 Å². The van der Waals surface area contributed by atoms with Gasteiger partial charge in [0.25, 0.3) is 0 Å². The van der Waals surface area contributed by atoms with Crippen molar-refractivity contribution in [3.63, 3.8) is 0 Å². The lowest BCUT2D eigenvalue weighted by atomic mass is 10.0. The Hall–Kier alpha value is -1.56. The number of alkyl halides is 3. The lowest BCUT2D eigenvalue weighted by molar-refractivity contribution is -0.149. The fraction of sp³-hybridized carbons (Fsp3) is 0.462. The Morgan fingerprint density at radius 3 is 2.53 bits per heavy atom. The highest BCUT2D eigenvalue weighted by atomic mass is 19.4. The summed E-state index contributed by atoms with van der Waals surface area (Å²) in [5, 5.41) is 2.20. The first-order valence-electron chi connectivity index (χ1n) is 5.87. The second-order valence-corrected chi connectivity index (χ2v) is 4.04. The van der Waals surface area contributed by atoms with E-state index in [4.69, 9.17) is 4.74 Å². The summed E-state index contributed by atoms with van der Waals surface area (Å²) in [6.07, 6.45) is -4.38. The van der Waals surface area contributed by atoms with Crippen molar-refractivity contribution in [2.45, 2.75) is 26.1 Å². The van der Waals surface area contributed by atoms with Crippen molar-refractivity contribution in [2.75, 3.05) is 13.2 Å². The van der Waals surface area contributed by atoms with E-state index in [1.165, 1.54) is 0 Å². The van der Waals surface area contributed by atoms with Crippen LogP contribution in [0, 0.1) is 6.92 Å². The van der Waals surface area contributed by atoms with Crippen molar-refractivity contribution in [3.05, 3.63) is 35.4 Å². The van der Waals surface area contributed by atoms with Crippen molar-refractivity contribution in [2.24, 2.45) is 0 Å². The fourth-order valence-corrected chi connectivity index (χ4v) is 1.67. The number of ether oxygens (including phenoxy) is 1. The summed E-state index contributed by atoms with van der Waals surface area (Å²) >= 11 is 0. The molecule has 0 aliphatic heterocycles. The van der Waals surface area contributed by atoms with Gasteiger partial charge in [0.1, 0.15) is 6.04 Å². The number of nitrogens with one attached hydrogen (secondary N) is 1. The minimum atomic E-state index is -4.38. The number of rotatable bonds is 5. The molecule has 106 valence electrons. The van der Waals surface area contributed by atoms with Crippen LogP contribution in [-0.2, 0) is 9.53 Å². The zero-order valence-corrected chi connectivity index (χ0v) is 10.8. The van der Waals surface area contributed by atoms with Crippen LogP contribution < -0.4 is 5.32 Å². The van der Waals surface area contributed by atoms with E-state index in [9.17, 15) is 18.0 Å². The highest BCUT2D eigenvalue weighted by molar-refractivity contribution is 5.78. The van der Waals surface area contributed by atoms with E-state index >= 15 is 0 Å². The molecule has 1 N–H and O–H groups in total. The molecule has 0 fully saturated rings. The molecule has 0 radical (unpaired) electrons. The van der Waals surface area contributed by atoms with E-state index in [0.29, 0.717) is 5.56 Å². The number of hydrogen-bond acceptors (Lipinski definition) is 3. The maximum atomic E-state index is 12.3. The molecule has 0 aliphatic carbocycles. The first-order valence-corrected chi connectivity index (χ1v) is 5.87. The zero-order chi connectivity index (χ0) is 14.5. The molecule has 1 aromatic rings. The third kappa shape index (κ3) is 4.90. The average molecular weight is 275 g/mol. The first kappa shape index (κ1) is 15.5. The molecule has 0 saturated carbocycles. The molecule has 0 amide bonds. The highest BCUT2D eigenvalue weighted by Gasteiger charge is 2.31.